The Labute approximate surface area is 190 Å². The van der Waals surface area contributed by atoms with Gasteiger partial charge >= 0.3 is 12.1 Å². The van der Waals surface area contributed by atoms with E-state index in [0.29, 0.717) is 17.7 Å². The lowest BCUT2D eigenvalue weighted by Gasteiger charge is -2.20. The van der Waals surface area contributed by atoms with Gasteiger partial charge in [-0.1, -0.05) is 57.1 Å². The van der Waals surface area contributed by atoms with Crippen molar-refractivity contribution in [3.8, 4) is 0 Å². The van der Waals surface area contributed by atoms with Gasteiger partial charge in [0.2, 0.25) is 11.9 Å². The van der Waals surface area contributed by atoms with E-state index in [1.807, 2.05) is 0 Å². The molecule has 2 amide bonds. The molecule has 1 aliphatic rings. The number of allylic oxidation sites excluding steroid dienone is 2. The molecule has 0 unspecified atom stereocenters. The van der Waals surface area contributed by atoms with Crippen LogP contribution in [0.15, 0.2) is 17.1 Å². The predicted molar refractivity (Wildman–Crippen MR) is 121 cm³/mol. The molecule has 0 bridgehead atoms. The predicted octanol–water partition coefficient (Wildman–Crippen LogP) is 4.64. The molecule has 0 atom stereocenters. The highest BCUT2D eigenvalue weighted by Gasteiger charge is 2.16. The van der Waals surface area contributed by atoms with Crippen molar-refractivity contribution in [3.63, 3.8) is 0 Å². The largest absolute Gasteiger partial charge is 0.464 e. The van der Waals surface area contributed by atoms with Crippen molar-refractivity contribution in [3.05, 3.63) is 12.2 Å². The van der Waals surface area contributed by atoms with Gasteiger partial charge in [0.05, 0.1) is 6.61 Å². The summed E-state index contributed by atoms with van der Waals surface area (Å²) in [6.45, 7) is -3.51. The Morgan fingerprint density at radius 2 is 1.58 bits per heavy atom. The Hall–Kier alpha value is -2.38. The minimum absolute atomic E-state index is 0.0951. The normalized spacial score (nSPS) is 23.5. The molecule has 0 saturated heterocycles. The maximum Gasteiger partial charge on any atom is 0.434 e. The monoisotopic (exact) mass is 440 g/mol. The minimum Gasteiger partial charge on any atom is -0.464 e. The Morgan fingerprint density at radius 3 is 2.19 bits per heavy atom. The van der Waals surface area contributed by atoms with Gasteiger partial charge in [-0.15, -0.1) is 4.99 Å². The number of amides is 2. The quantitative estimate of drug-likeness (QED) is 0.419. The van der Waals surface area contributed by atoms with E-state index in [9.17, 15) is 14.4 Å². The Morgan fingerprint density at radius 1 is 1.00 bits per heavy atom. The molecule has 176 valence electrons. The highest BCUT2D eigenvalue weighted by atomic mass is 16.5. The van der Waals surface area contributed by atoms with Gasteiger partial charge < -0.3 is 14.7 Å². The molecule has 8 heteroatoms. The lowest BCUT2D eigenvalue weighted by Crippen LogP contribution is -2.45. The molecule has 1 aliphatic heterocycles. The number of nitrogens with zero attached hydrogens (tertiary/aromatic N) is 2. The molecule has 0 spiro atoms. The number of carbonyl (C=O) groups is 3. The molecule has 2 N–H and O–H groups in total. The van der Waals surface area contributed by atoms with Crippen LogP contribution in [-0.4, -0.2) is 54.1 Å². The van der Waals surface area contributed by atoms with E-state index < -0.39 is 37.4 Å². The van der Waals surface area contributed by atoms with Crippen molar-refractivity contribution in [1.29, 1.82) is 0 Å². The minimum atomic E-state index is -2.90. The summed E-state index contributed by atoms with van der Waals surface area (Å²) in [7, 11) is 0. The highest BCUT2D eigenvalue weighted by molar-refractivity contribution is 6.01. The molecule has 8 nitrogen and oxygen atoms in total. The third-order valence-corrected chi connectivity index (χ3v) is 4.97. The van der Waals surface area contributed by atoms with Gasteiger partial charge in [-0.25, -0.2) is 4.79 Å². The average Bonchev–Trinajstić information content (AvgIpc) is 2.74. The van der Waals surface area contributed by atoms with Gasteiger partial charge in [-0.2, -0.15) is 0 Å². The lowest BCUT2D eigenvalue weighted by atomic mass is 10.1. The second-order valence-corrected chi connectivity index (χ2v) is 7.76. The van der Waals surface area contributed by atoms with Gasteiger partial charge in [-0.3, -0.25) is 14.9 Å². The molecular weight excluding hydrogens is 398 g/mol. The molecule has 0 radical (unpaired) electrons. The fourth-order valence-electron chi connectivity index (χ4n) is 3.25. The molecule has 0 aromatic rings. The van der Waals surface area contributed by atoms with E-state index in [0.717, 1.165) is 64.2 Å². The molecule has 0 saturated carbocycles. The number of cyclic esters (lactones) is 1. The van der Waals surface area contributed by atoms with Crippen LogP contribution in [-0.2, 0) is 14.3 Å². The summed E-state index contributed by atoms with van der Waals surface area (Å²) in [5.41, 5.74) is 0. The molecular formula is C23H39N3O5. The SMILES string of the molecule is [2H]C([2H])([2H])N1CC(=O)OCCCCCCCCC=CCCCCCCCC(=O)NC1=NC(=O)O. The van der Waals surface area contributed by atoms with Gasteiger partial charge in [-0.05, 0) is 38.5 Å². The van der Waals surface area contributed by atoms with Crippen LogP contribution in [0.25, 0.3) is 0 Å². The third-order valence-electron chi connectivity index (χ3n) is 4.97. The Kier molecular flexibility index (Phi) is 12.2. The molecule has 0 fully saturated rings. The van der Waals surface area contributed by atoms with Crippen LogP contribution >= 0.6 is 0 Å². The average molecular weight is 441 g/mol. The van der Waals surface area contributed by atoms with Crippen LogP contribution in [0.5, 0.6) is 0 Å². The van der Waals surface area contributed by atoms with Gasteiger partial charge in [0.1, 0.15) is 6.54 Å². The number of carboxylic acid groups (broad SMARTS) is 1. The van der Waals surface area contributed by atoms with E-state index >= 15 is 0 Å². The molecule has 1 heterocycles. The fourth-order valence-corrected chi connectivity index (χ4v) is 3.25. The highest BCUT2D eigenvalue weighted by Crippen LogP contribution is 2.10. The number of rotatable bonds is 0. The zero-order valence-corrected chi connectivity index (χ0v) is 18.4. The standard InChI is InChI=1S/C23H39N3O5/c1-26-19-21(28)31-18-16-14-12-10-8-6-4-2-3-5-7-9-11-13-15-17-20(27)24-22(26)25-23(29)30/h2-3H,4-19H2,1H3,(H,29,30)(H,24,25,27)/i1D3. The third kappa shape index (κ3) is 15.1. The summed E-state index contributed by atoms with van der Waals surface area (Å²) in [5.74, 6) is -2.08. The van der Waals surface area contributed by atoms with Crippen molar-refractivity contribution in [2.75, 3.05) is 20.1 Å². The van der Waals surface area contributed by atoms with Crippen molar-refractivity contribution < 1.29 is 28.3 Å². The maximum absolute atomic E-state index is 12.3. The van der Waals surface area contributed by atoms with Crippen LogP contribution in [0.2, 0.25) is 0 Å². The van der Waals surface area contributed by atoms with Gasteiger partial charge in [0.25, 0.3) is 0 Å². The number of aliphatic imine (C=N–C) groups is 1. The summed E-state index contributed by atoms with van der Waals surface area (Å²) < 4.78 is 28.2. The van der Waals surface area contributed by atoms with Crippen molar-refractivity contribution >= 4 is 23.9 Å². The number of esters is 1. The van der Waals surface area contributed by atoms with Crippen LogP contribution in [0, 0.1) is 0 Å². The van der Waals surface area contributed by atoms with E-state index in [1.165, 1.54) is 6.42 Å². The van der Waals surface area contributed by atoms with Crippen LogP contribution in [0.3, 0.4) is 0 Å². The van der Waals surface area contributed by atoms with E-state index in [4.69, 9.17) is 14.0 Å². The van der Waals surface area contributed by atoms with Crippen molar-refractivity contribution in [2.45, 2.75) is 89.9 Å². The first-order valence-corrected chi connectivity index (χ1v) is 11.4. The summed E-state index contributed by atoms with van der Waals surface area (Å²) >= 11 is 0. The Balaban J connectivity index is 2.80. The number of guanidine groups is 1. The smallest absolute Gasteiger partial charge is 0.434 e. The van der Waals surface area contributed by atoms with Crippen LogP contribution < -0.4 is 5.32 Å². The topological polar surface area (TPSA) is 108 Å². The number of ether oxygens (including phenoxy) is 1. The van der Waals surface area contributed by atoms with Crippen molar-refractivity contribution in [1.82, 2.24) is 10.2 Å². The number of nitrogens with one attached hydrogen (secondary N) is 1. The summed E-state index contributed by atoms with van der Waals surface area (Å²) in [6, 6.07) is 0. The number of carbonyl (C=O) groups excluding carboxylic acids is 2. The summed E-state index contributed by atoms with van der Waals surface area (Å²) in [6.07, 6.45) is 15.6. The molecule has 0 aromatic heterocycles. The fraction of sp³-hybridized carbons (Fsp3) is 0.739. The van der Waals surface area contributed by atoms with Crippen LogP contribution in [0.4, 0.5) is 4.79 Å². The van der Waals surface area contributed by atoms with E-state index in [-0.39, 0.29) is 13.0 Å². The Bertz CT molecular complexity index is 696. The zero-order chi connectivity index (χ0) is 25.2. The second kappa shape index (κ2) is 17.3. The molecule has 1 rings (SSSR count). The van der Waals surface area contributed by atoms with Crippen molar-refractivity contribution in [2.24, 2.45) is 4.99 Å². The molecule has 0 aliphatic carbocycles. The maximum atomic E-state index is 12.3. The first-order valence-electron chi connectivity index (χ1n) is 12.9. The van der Waals surface area contributed by atoms with Crippen LogP contribution in [0.1, 0.15) is 94.0 Å². The van der Waals surface area contributed by atoms with Gasteiger partial charge in [0.15, 0.2) is 0 Å². The zero-order valence-electron chi connectivity index (χ0n) is 21.4. The van der Waals surface area contributed by atoms with E-state index in [1.54, 1.807) is 0 Å². The first-order chi connectivity index (χ1) is 16.2. The molecule has 31 heavy (non-hydrogen) atoms. The number of hydrogen-bond acceptors (Lipinski definition) is 4. The lowest BCUT2D eigenvalue weighted by molar-refractivity contribution is -0.144. The molecule has 0 aromatic carbocycles. The number of hydrogen-bond donors (Lipinski definition) is 2. The summed E-state index contributed by atoms with van der Waals surface area (Å²) in [5, 5.41) is 11.3. The summed E-state index contributed by atoms with van der Waals surface area (Å²) in [4.78, 5) is 39.4. The van der Waals surface area contributed by atoms with Gasteiger partial charge in [0, 0.05) is 17.5 Å². The first kappa shape index (κ1) is 21.8. The number of likely N-dealkylation sites (N-methyl/N-ethyl adjacent to an activating group) is 1. The van der Waals surface area contributed by atoms with E-state index in [2.05, 4.69) is 22.5 Å². The second-order valence-electron chi connectivity index (χ2n) is 7.76.